The minimum atomic E-state index is -0.263. The Morgan fingerprint density at radius 3 is 2.45 bits per heavy atom. The third kappa shape index (κ3) is 2.83. The SMILES string of the molecule is CC(C)Nc1nc(-c2ccccc2)c(Br)c2ccc(F)cc12. The highest BCUT2D eigenvalue weighted by molar-refractivity contribution is 9.10. The number of pyridine rings is 1. The van der Waals surface area contributed by atoms with Crippen molar-refractivity contribution in [2.75, 3.05) is 5.32 Å². The molecular formula is C18H16BrFN2. The summed E-state index contributed by atoms with van der Waals surface area (Å²) in [4.78, 5) is 4.73. The molecule has 3 rings (SSSR count). The van der Waals surface area contributed by atoms with Gasteiger partial charge in [-0.15, -0.1) is 0 Å². The number of aromatic nitrogens is 1. The topological polar surface area (TPSA) is 24.9 Å². The molecule has 0 aliphatic heterocycles. The standard InChI is InChI=1S/C18H16BrFN2/c1-11(2)21-18-15-10-13(20)8-9-14(15)16(19)17(22-18)12-6-4-3-5-7-12/h3-11H,1-2H3,(H,21,22). The highest BCUT2D eigenvalue weighted by atomic mass is 79.9. The van der Waals surface area contributed by atoms with Crippen LogP contribution >= 0.6 is 15.9 Å². The van der Waals surface area contributed by atoms with E-state index in [9.17, 15) is 4.39 Å². The van der Waals surface area contributed by atoms with Crippen molar-refractivity contribution in [3.63, 3.8) is 0 Å². The second kappa shape index (κ2) is 6.05. The van der Waals surface area contributed by atoms with Crippen LogP contribution in [0.2, 0.25) is 0 Å². The Labute approximate surface area is 137 Å². The van der Waals surface area contributed by atoms with Crippen LogP contribution in [0.3, 0.4) is 0 Å². The van der Waals surface area contributed by atoms with E-state index in [0.717, 1.165) is 26.5 Å². The summed E-state index contributed by atoms with van der Waals surface area (Å²) in [5.41, 5.74) is 1.87. The van der Waals surface area contributed by atoms with Crippen molar-refractivity contribution in [3.05, 3.63) is 58.8 Å². The van der Waals surface area contributed by atoms with Crippen molar-refractivity contribution >= 4 is 32.5 Å². The molecule has 4 heteroatoms. The number of fused-ring (bicyclic) bond motifs is 1. The Morgan fingerprint density at radius 2 is 1.77 bits per heavy atom. The highest BCUT2D eigenvalue weighted by Gasteiger charge is 2.14. The van der Waals surface area contributed by atoms with E-state index in [1.165, 1.54) is 12.1 Å². The molecule has 0 aliphatic carbocycles. The lowest BCUT2D eigenvalue weighted by Crippen LogP contribution is -2.12. The van der Waals surface area contributed by atoms with Gasteiger partial charge in [0.2, 0.25) is 0 Å². The predicted molar refractivity (Wildman–Crippen MR) is 93.6 cm³/mol. The molecule has 0 spiro atoms. The maximum absolute atomic E-state index is 13.6. The smallest absolute Gasteiger partial charge is 0.134 e. The van der Waals surface area contributed by atoms with Gasteiger partial charge in [0.05, 0.1) is 10.2 Å². The summed E-state index contributed by atoms with van der Waals surface area (Å²) in [5, 5.41) is 5.03. The van der Waals surface area contributed by atoms with Crippen LogP contribution in [0.25, 0.3) is 22.0 Å². The molecule has 112 valence electrons. The summed E-state index contributed by atoms with van der Waals surface area (Å²) in [6.45, 7) is 4.08. The van der Waals surface area contributed by atoms with E-state index in [2.05, 4.69) is 21.2 Å². The molecular weight excluding hydrogens is 343 g/mol. The Kier molecular flexibility index (Phi) is 4.12. The Morgan fingerprint density at radius 1 is 1.05 bits per heavy atom. The van der Waals surface area contributed by atoms with Gasteiger partial charge in [0.15, 0.2) is 0 Å². The van der Waals surface area contributed by atoms with Crippen LogP contribution in [0.1, 0.15) is 13.8 Å². The van der Waals surface area contributed by atoms with Gasteiger partial charge in [0.25, 0.3) is 0 Å². The summed E-state index contributed by atoms with van der Waals surface area (Å²) in [7, 11) is 0. The van der Waals surface area contributed by atoms with E-state index in [-0.39, 0.29) is 11.9 Å². The van der Waals surface area contributed by atoms with Gasteiger partial charge in [-0.05, 0) is 41.9 Å². The Bertz CT molecular complexity index is 816. The van der Waals surface area contributed by atoms with E-state index in [4.69, 9.17) is 4.98 Å². The molecule has 1 aromatic heterocycles. The minimum Gasteiger partial charge on any atom is -0.367 e. The number of benzene rings is 2. The van der Waals surface area contributed by atoms with Gasteiger partial charge in [-0.25, -0.2) is 9.37 Å². The van der Waals surface area contributed by atoms with Gasteiger partial charge in [-0.1, -0.05) is 36.4 Å². The van der Waals surface area contributed by atoms with E-state index < -0.39 is 0 Å². The van der Waals surface area contributed by atoms with Gasteiger partial charge in [0, 0.05) is 22.4 Å². The minimum absolute atomic E-state index is 0.212. The summed E-state index contributed by atoms with van der Waals surface area (Å²) < 4.78 is 14.5. The summed E-state index contributed by atoms with van der Waals surface area (Å²) in [5.74, 6) is 0.437. The molecule has 2 nitrogen and oxygen atoms in total. The zero-order valence-corrected chi connectivity index (χ0v) is 14.0. The van der Waals surface area contributed by atoms with Crippen molar-refractivity contribution in [3.8, 4) is 11.3 Å². The quantitative estimate of drug-likeness (QED) is 0.656. The molecule has 0 fully saturated rings. The summed E-state index contributed by atoms with van der Waals surface area (Å²) >= 11 is 3.63. The summed E-state index contributed by atoms with van der Waals surface area (Å²) in [6.07, 6.45) is 0. The molecule has 0 atom stereocenters. The van der Waals surface area contributed by atoms with Crippen LogP contribution in [0, 0.1) is 5.82 Å². The van der Waals surface area contributed by atoms with E-state index in [1.54, 1.807) is 6.07 Å². The first-order valence-corrected chi connectivity index (χ1v) is 7.96. The number of halogens is 2. The number of hydrogen-bond acceptors (Lipinski definition) is 2. The molecule has 22 heavy (non-hydrogen) atoms. The first kappa shape index (κ1) is 15.0. The van der Waals surface area contributed by atoms with E-state index >= 15 is 0 Å². The Balaban J connectivity index is 2.31. The molecule has 3 aromatic rings. The number of nitrogens with zero attached hydrogens (tertiary/aromatic N) is 1. The first-order chi connectivity index (χ1) is 10.6. The number of hydrogen-bond donors (Lipinski definition) is 1. The third-order valence-corrected chi connectivity index (χ3v) is 4.18. The number of rotatable bonds is 3. The molecule has 0 aliphatic rings. The van der Waals surface area contributed by atoms with Crippen molar-refractivity contribution in [1.82, 2.24) is 4.98 Å². The third-order valence-electron chi connectivity index (χ3n) is 3.38. The lowest BCUT2D eigenvalue weighted by atomic mass is 10.1. The van der Waals surface area contributed by atoms with Crippen LogP contribution in [-0.2, 0) is 0 Å². The normalized spacial score (nSPS) is 11.1. The Hall–Kier alpha value is -1.94. The first-order valence-electron chi connectivity index (χ1n) is 7.17. The molecule has 0 amide bonds. The molecule has 0 radical (unpaired) electrons. The molecule has 1 N–H and O–H groups in total. The fraction of sp³-hybridized carbons (Fsp3) is 0.167. The zero-order valence-electron chi connectivity index (χ0n) is 12.4. The average Bonchev–Trinajstić information content (AvgIpc) is 2.50. The number of anilines is 1. The van der Waals surface area contributed by atoms with Gasteiger partial charge in [0.1, 0.15) is 11.6 Å². The predicted octanol–water partition coefficient (Wildman–Crippen LogP) is 5.62. The maximum atomic E-state index is 13.6. The fourth-order valence-corrected chi connectivity index (χ4v) is 3.09. The molecule has 2 aromatic carbocycles. The molecule has 0 saturated heterocycles. The van der Waals surface area contributed by atoms with Crippen LogP contribution in [-0.4, -0.2) is 11.0 Å². The van der Waals surface area contributed by atoms with Crippen LogP contribution in [0.4, 0.5) is 10.2 Å². The lowest BCUT2D eigenvalue weighted by molar-refractivity contribution is 0.629. The van der Waals surface area contributed by atoms with Crippen LogP contribution in [0.15, 0.2) is 53.0 Å². The number of nitrogens with one attached hydrogen (secondary N) is 1. The van der Waals surface area contributed by atoms with Crippen LogP contribution in [0.5, 0.6) is 0 Å². The molecule has 0 unspecified atom stereocenters. The fourth-order valence-electron chi connectivity index (χ4n) is 2.42. The average molecular weight is 359 g/mol. The molecule has 1 heterocycles. The van der Waals surface area contributed by atoms with Crippen molar-refractivity contribution in [2.24, 2.45) is 0 Å². The maximum Gasteiger partial charge on any atom is 0.134 e. The van der Waals surface area contributed by atoms with Gasteiger partial charge in [-0.2, -0.15) is 0 Å². The van der Waals surface area contributed by atoms with Crippen molar-refractivity contribution in [1.29, 1.82) is 0 Å². The second-order valence-electron chi connectivity index (χ2n) is 5.48. The van der Waals surface area contributed by atoms with Gasteiger partial charge >= 0.3 is 0 Å². The van der Waals surface area contributed by atoms with E-state index in [1.807, 2.05) is 44.2 Å². The highest BCUT2D eigenvalue weighted by Crippen LogP contribution is 2.36. The van der Waals surface area contributed by atoms with Gasteiger partial charge < -0.3 is 5.32 Å². The largest absolute Gasteiger partial charge is 0.367 e. The second-order valence-corrected chi connectivity index (χ2v) is 6.27. The van der Waals surface area contributed by atoms with Crippen LogP contribution < -0.4 is 5.32 Å². The van der Waals surface area contributed by atoms with Crippen molar-refractivity contribution < 1.29 is 4.39 Å². The zero-order chi connectivity index (χ0) is 15.7. The van der Waals surface area contributed by atoms with E-state index in [0.29, 0.717) is 5.82 Å². The monoisotopic (exact) mass is 358 g/mol. The van der Waals surface area contributed by atoms with Crippen molar-refractivity contribution in [2.45, 2.75) is 19.9 Å². The molecule has 0 saturated carbocycles. The van der Waals surface area contributed by atoms with Gasteiger partial charge in [-0.3, -0.25) is 0 Å². The molecule has 0 bridgehead atoms. The lowest BCUT2D eigenvalue weighted by Gasteiger charge is -2.16. The summed E-state index contributed by atoms with van der Waals surface area (Å²) in [6, 6.07) is 15.0.